The Morgan fingerprint density at radius 2 is 1.73 bits per heavy atom. The lowest BCUT2D eigenvalue weighted by atomic mass is 9.82. The van der Waals surface area contributed by atoms with Gasteiger partial charge in [0.05, 0.1) is 0 Å². The number of nitrogens with zero attached hydrogens (tertiary/aromatic N) is 1. The minimum Gasteiger partial charge on any atom is -0.348 e. The van der Waals surface area contributed by atoms with Crippen LogP contribution < -0.4 is 10.6 Å². The van der Waals surface area contributed by atoms with Crippen LogP contribution in [0.2, 0.25) is 0 Å². The third-order valence-corrected chi connectivity index (χ3v) is 7.89. The highest BCUT2D eigenvalue weighted by Gasteiger charge is 2.39. The molecule has 1 atom stereocenters. The molecule has 0 bridgehead atoms. The SMILES string of the molecule is CC1(C)c2ccccc2-c2ccc(C(=O)NCc3ccc4c(c3)CN(C3CCC(=O)NC3=O)C4=O)cc21. The molecule has 0 radical (unpaired) electrons. The Hall–Kier alpha value is -4.26. The molecule has 7 heteroatoms. The van der Waals surface area contributed by atoms with E-state index < -0.39 is 11.9 Å². The molecule has 3 aromatic rings. The molecule has 1 aliphatic carbocycles. The summed E-state index contributed by atoms with van der Waals surface area (Å²) in [5.74, 6) is -1.09. The Labute approximate surface area is 214 Å². The number of amides is 4. The molecule has 0 saturated carbocycles. The highest BCUT2D eigenvalue weighted by molar-refractivity contribution is 6.05. The number of hydrogen-bond acceptors (Lipinski definition) is 4. The summed E-state index contributed by atoms with van der Waals surface area (Å²) in [4.78, 5) is 51.2. The maximum Gasteiger partial charge on any atom is 0.255 e. The molecule has 6 rings (SSSR count). The van der Waals surface area contributed by atoms with Gasteiger partial charge in [-0.15, -0.1) is 0 Å². The van der Waals surface area contributed by atoms with Gasteiger partial charge in [-0.2, -0.15) is 0 Å². The largest absolute Gasteiger partial charge is 0.348 e. The zero-order chi connectivity index (χ0) is 25.9. The van der Waals surface area contributed by atoms with Crippen molar-refractivity contribution in [3.8, 4) is 11.1 Å². The van der Waals surface area contributed by atoms with Crippen LogP contribution in [0.5, 0.6) is 0 Å². The minimum atomic E-state index is -0.643. The number of carbonyl (C=O) groups excluding carboxylic acids is 4. The van der Waals surface area contributed by atoms with Crippen LogP contribution in [0.3, 0.4) is 0 Å². The predicted octanol–water partition coefficient (Wildman–Crippen LogP) is 3.68. The van der Waals surface area contributed by atoms with Crippen LogP contribution in [0.15, 0.2) is 60.7 Å². The van der Waals surface area contributed by atoms with Crippen LogP contribution in [-0.4, -0.2) is 34.6 Å². The average molecular weight is 494 g/mol. The number of nitrogens with one attached hydrogen (secondary N) is 2. The molecule has 1 saturated heterocycles. The van der Waals surface area contributed by atoms with Crippen molar-refractivity contribution in [1.82, 2.24) is 15.5 Å². The molecule has 0 aromatic heterocycles. The van der Waals surface area contributed by atoms with E-state index in [-0.39, 0.29) is 29.6 Å². The topological polar surface area (TPSA) is 95.6 Å². The summed E-state index contributed by atoms with van der Waals surface area (Å²) in [6, 6.07) is 19.1. The van der Waals surface area contributed by atoms with E-state index in [1.54, 1.807) is 6.07 Å². The smallest absolute Gasteiger partial charge is 0.255 e. The molecule has 3 aromatic carbocycles. The molecule has 2 aliphatic heterocycles. The summed E-state index contributed by atoms with van der Waals surface area (Å²) in [5, 5.41) is 5.32. The standard InChI is InChI=1S/C30H27N3O4/c1-30(2)23-6-4-3-5-21(23)22-10-8-18(14-24(22)30)27(35)31-15-17-7-9-20-19(13-17)16-33(29(20)37)25-11-12-26(34)32-28(25)36/h3-10,13-14,25H,11-12,15-16H2,1-2H3,(H,31,35)(H,32,34,36). The summed E-state index contributed by atoms with van der Waals surface area (Å²) in [5.41, 5.74) is 7.48. The van der Waals surface area contributed by atoms with E-state index in [4.69, 9.17) is 0 Å². The van der Waals surface area contributed by atoms with Gasteiger partial charge < -0.3 is 10.2 Å². The van der Waals surface area contributed by atoms with Gasteiger partial charge in [0.2, 0.25) is 11.8 Å². The van der Waals surface area contributed by atoms with Gasteiger partial charge in [0, 0.05) is 36.1 Å². The van der Waals surface area contributed by atoms with Crippen LogP contribution in [0.25, 0.3) is 11.1 Å². The fourth-order valence-electron chi connectivity index (χ4n) is 5.87. The van der Waals surface area contributed by atoms with Crippen LogP contribution in [0, 0.1) is 0 Å². The molecular weight excluding hydrogens is 466 g/mol. The van der Waals surface area contributed by atoms with Gasteiger partial charge in [-0.25, -0.2) is 0 Å². The number of rotatable bonds is 4. The lowest BCUT2D eigenvalue weighted by molar-refractivity contribution is -0.136. The second-order valence-corrected chi connectivity index (χ2v) is 10.5. The predicted molar refractivity (Wildman–Crippen MR) is 138 cm³/mol. The van der Waals surface area contributed by atoms with Crippen molar-refractivity contribution >= 4 is 23.6 Å². The lowest BCUT2D eigenvalue weighted by Gasteiger charge is -2.29. The van der Waals surface area contributed by atoms with E-state index in [1.165, 1.54) is 21.6 Å². The number of benzene rings is 3. The zero-order valence-corrected chi connectivity index (χ0v) is 20.8. The van der Waals surface area contributed by atoms with Gasteiger partial charge in [0.1, 0.15) is 6.04 Å². The van der Waals surface area contributed by atoms with E-state index in [1.807, 2.05) is 42.5 Å². The van der Waals surface area contributed by atoms with Crippen molar-refractivity contribution in [2.45, 2.75) is 51.2 Å². The molecule has 1 unspecified atom stereocenters. The van der Waals surface area contributed by atoms with E-state index in [0.717, 1.165) is 16.7 Å². The van der Waals surface area contributed by atoms with Crippen molar-refractivity contribution in [1.29, 1.82) is 0 Å². The number of imide groups is 1. The van der Waals surface area contributed by atoms with Gasteiger partial charge in [0.25, 0.3) is 11.8 Å². The molecule has 0 spiro atoms. The Morgan fingerprint density at radius 3 is 2.54 bits per heavy atom. The van der Waals surface area contributed by atoms with Crippen LogP contribution in [0.4, 0.5) is 0 Å². The second kappa shape index (κ2) is 8.40. The normalized spacial score (nSPS) is 19.2. The molecule has 2 heterocycles. The summed E-state index contributed by atoms with van der Waals surface area (Å²) >= 11 is 0. The van der Waals surface area contributed by atoms with Crippen molar-refractivity contribution in [2.75, 3.05) is 0 Å². The molecule has 3 aliphatic rings. The third-order valence-electron chi connectivity index (χ3n) is 7.89. The van der Waals surface area contributed by atoms with Gasteiger partial charge >= 0.3 is 0 Å². The van der Waals surface area contributed by atoms with Crippen LogP contribution in [0.1, 0.15) is 69.7 Å². The summed E-state index contributed by atoms with van der Waals surface area (Å²) in [6.07, 6.45) is 0.551. The Kier molecular flexibility index (Phi) is 5.26. The van der Waals surface area contributed by atoms with Crippen molar-refractivity contribution in [3.05, 3.63) is 94.0 Å². The van der Waals surface area contributed by atoms with Gasteiger partial charge in [0.15, 0.2) is 0 Å². The molecule has 7 nitrogen and oxygen atoms in total. The average Bonchev–Trinajstić information content (AvgIpc) is 3.33. The lowest BCUT2D eigenvalue weighted by Crippen LogP contribution is -2.52. The first kappa shape index (κ1) is 23.2. The molecule has 186 valence electrons. The molecule has 2 N–H and O–H groups in total. The molecule has 1 fully saturated rings. The van der Waals surface area contributed by atoms with Crippen LogP contribution >= 0.6 is 0 Å². The summed E-state index contributed by atoms with van der Waals surface area (Å²) in [7, 11) is 0. The number of carbonyl (C=O) groups is 4. The van der Waals surface area contributed by atoms with Crippen molar-refractivity contribution in [3.63, 3.8) is 0 Å². The van der Waals surface area contributed by atoms with Gasteiger partial charge in [-0.1, -0.05) is 56.3 Å². The Balaban J connectivity index is 1.16. The maximum atomic E-state index is 13.1. The molecule has 37 heavy (non-hydrogen) atoms. The summed E-state index contributed by atoms with van der Waals surface area (Å²) in [6.45, 7) is 4.99. The zero-order valence-electron chi connectivity index (χ0n) is 20.8. The summed E-state index contributed by atoms with van der Waals surface area (Å²) < 4.78 is 0. The quantitative estimate of drug-likeness (QED) is 0.542. The number of piperidine rings is 1. The highest BCUT2D eigenvalue weighted by Crippen LogP contribution is 2.48. The fourth-order valence-corrected chi connectivity index (χ4v) is 5.87. The minimum absolute atomic E-state index is 0.156. The Bertz CT molecular complexity index is 1510. The first-order chi connectivity index (χ1) is 17.7. The number of fused-ring (bicyclic) bond motifs is 4. The highest BCUT2D eigenvalue weighted by atomic mass is 16.2. The van der Waals surface area contributed by atoms with E-state index >= 15 is 0 Å². The molecule has 4 amide bonds. The van der Waals surface area contributed by atoms with E-state index in [2.05, 4.69) is 36.6 Å². The first-order valence-electron chi connectivity index (χ1n) is 12.5. The maximum absolute atomic E-state index is 13.1. The van der Waals surface area contributed by atoms with E-state index in [9.17, 15) is 19.2 Å². The second-order valence-electron chi connectivity index (χ2n) is 10.5. The van der Waals surface area contributed by atoms with Crippen molar-refractivity contribution < 1.29 is 19.2 Å². The first-order valence-corrected chi connectivity index (χ1v) is 12.5. The third kappa shape index (κ3) is 3.73. The van der Waals surface area contributed by atoms with Crippen molar-refractivity contribution in [2.24, 2.45) is 0 Å². The fraction of sp³-hybridized carbons (Fsp3) is 0.267. The monoisotopic (exact) mass is 493 g/mol. The Morgan fingerprint density at radius 1 is 0.973 bits per heavy atom. The van der Waals surface area contributed by atoms with Gasteiger partial charge in [-0.3, -0.25) is 24.5 Å². The number of hydrogen-bond donors (Lipinski definition) is 2. The molecular formula is C30H27N3O4. The van der Waals surface area contributed by atoms with Crippen LogP contribution in [-0.2, 0) is 28.1 Å². The van der Waals surface area contributed by atoms with Gasteiger partial charge in [-0.05, 0) is 58.0 Å². The van der Waals surface area contributed by atoms with E-state index in [0.29, 0.717) is 30.6 Å².